The average molecular weight is 379 g/mol. The van der Waals surface area contributed by atoms with Crippen molar-refractivity contribution in [1.82, 2.24) is 9.80 Å². The van der Waals surface area contributed by atoms with Crippen molar-refractivity contribution in [2.45, 2.75) is 44.9 Å². The summed E-state index contributed by atoms with van der Waals surface area (Å²) in [6, 6.07) is 16.7. The summed E-state index contributed by atoms with van der Waals surface area (Å²) in [7, 11) is 1.91. The molecule has 1 aliphatic carbocycles. The molecule has 4 rings (SSSR count). The Kier molecular flexibility index (Phi) is 5.26. The number of likely N-dealkylation sites (N-methyl/N-ethyl adjacent to an activating group) is 1. The maximum Gasteiger partial charge on any atom is 0.234 e. The maximum atomic E-state index is 13.6. The minimum absolute atomic E-state index is 0.136. The summed E-state index contributed by atoms with van der Waals surface area (Å²) in [6.45, 7) is 5.89. The van der Waals surface area contributed by atoms with Gasteiger partial charge in [-0.05, 0) is 41.0 Å². The van der Waals surface area contributed by atoms with Gasteiger partial charge in [0.2, 0.25) is 5.91 Å². The molecule has 4 heteroatoms. The monoisotopic (exact) mass is 378 g/mol. The molecule has 2 aliphatic rings. The van der Waals surface area contributed by atoms with Crippen molar-refractivity contribution in [3.8, 4) is 11.1 Å². The molecule has 0 saturated carbocycles. The molecular weight excluding hydrogens is 348 g/mol. The number of nitrogens with zero attached hydrogens (tertiary/aromatic N) is 2. The van der Waals surface area contributed by atoms with Crippen LogP contribution in [-0.2, 0) is 4.79 Å². The van der Waals surface area contributed by atoms with Crippen LogP contribution in [0.2, 0.25) is 0 Å². The van der Waals surface area contributed by atoms with Gasteiger partial charge in [-0.25, -0.2) is 0 Å². The molecule has 1 fully saturated rings. The molecule has 2 aromatic rings. The number of rotatable bonds is 5. The largest absolute Gasteiger partial charge is 0.378 e. The van der Waals surface area contributed by atoms with Gasteiger partial charge in [0.1, 0.15) is 6.23 Å². The highest BCUT2D eigenvalue weighted by Crippen LogP contribution is 2.45. The van der Waals surface area contributed by atoms with E-state index in [0.29, 0.717) is 12.5 Å². The zero-order valence-corrected chi connectivity index (χ0v) is 17.0. The number of aliphatic hydroxyl groups excluding tert-OH is 1. The third-order valence-electron chi connectivity index (χ3n) is 6.37. The molecule has 2 aromatic carbocycles. The van der Waals surface area contributed by atoms with Crippen LogP contribution in [-0.4, -0.2) is 53.2 Å². The molecule has 0 bridgehead atoms. The highest BCUT2D eigenvalue weighted by atomic mass is 16.3. The van der Waals surface area contributed by atoms with Crippen molar-refractivity contribution in [2.75, 3.05) is 20.1 Å². The van der Waals surface area contributed by atoms with Crippen LogP contribution in [0.5, 0.6) is 0 Å². The molecular formula is C24H30N2O2. The van der Waals surface area contributed by atoms with Crippen molar-refractivity contribution < 1.29 is 9.90 Å². The van der Waals surface area contributed by atoms with Crippen LogP contribution in [0.3, 0.4) is 0 Å². The molecule has 1 N–H and O–H groups in total. The minimum atomic E-state index is -0.385. The van der Waals surface area contributed by atoms with Crippen LogP contribution >= 0.6 is 0 Å². The number of benzene rings is 2. The second-order valence-corrected chi connectivity index (χ2v) is 8.50. The molecule has 1 heterocycles. The SMILES string of the molecule is CC(C)C(CN(C)C(=O)C1c2ccccc2-c2ccccc21)N1CCCC1O. The number of hydrogen-bond acceptors (Lipinski definition) is 3. The van der Waals surface area contributed by atoms with Gasteiger partial charge in [-0.15, -0.1) is 0 Å². The predicted molar refractivity (Wildman–Crippen MR) is 112 cm³/mol. The first-order chi connectivity index (χ1) is 13.5. The highest BCUT2D eigenvalue weighted by Gasteiger charge is 2.37. The molecule has 1 amide bonds. The zero-order valence-electron chi connectivity index (χ0n) is 17.0. The Labute approximate surface area is 167 Å². The van der Waals surface area contributed by atoms with Crippen molar-refractivity contribution in [1.29, 1.82) is 0 Å². The molecule has 4 nitrogen and oxygen atoms in total. The molecule has 0 spiro atoms. The Bertz CT molecular complexity index is 818. The molecule has 1 saturated heterocycles. The summed E-state index contributed by atoms with van der Waals surface area (Å²) in [5.41, 5.74) is 4.53. The lowest BCUT2D eigenvalue weighted by Crippen LogP contribution is -2.50. The van der Waals surface area contributed by atoms with E-state index in [1.165, 1.54) is 11.1 Å². The fourth-order valence-electron chi connectivity index (χ4n) is 4.87. The Morgan fingerprint density at radius 2 is 1.68 bits per heavy atom. The van der Waals surface area contributed by atoms with Gasteiger partial charge in [0.15, 0.2) is 0 Å². The molecule has 0 radical (unpaired) electrons. The van der Waals surface area contributed by atoms with Crippen LogP contribution in [0.4, 0.5) is 0 Å². The number of hydrogen-bond donors (Lipinski definition) is 1. The van der Waals surface area contributed by atoms with Gasteiger partial charge in [0, 0.05) is 26.2 Å². The summed E-state index contributed by atoms with van der Waals surface area (Å²) in [4.78, 5) is 17.6. The predicted octanol–water partition coefficient (Wildman–Crippen LogP) is 3.70. The third-order valence-corrected chi connectivity index (χ3v) is 6.37. The van der Waals surface area contributed by atoms with Gasteiger partial charge in [0.25, 0.3) is 0 Å². The summed E-state index contributed by atoms with van der Waals surface area (Å²) in [6.07, 6.45) is 1.46. The van der Waals surface area contributed by atoms with E-state index in [4.69, 9.17) is 0 Å². The lowest BCUT2D eigenvalue weighted by molar-refractivity contribution is -0.132. The first-order valence-electron chi connectivity index (χ1n) is 10.4. The second-order valence-electron chi connectivity index (χ2n) is 8.50. The normalized spacial score (nSPS) is 20.2. The molecule has 0 aromatic heterocycles. The van der Waals surface area contributed by atoms with Crippen molar-refractivity contribution in [3.05, 3.63) is 59.7 Å². The van der Waals surface area contributed by atoms with Crippen molar-refractivity contribution in [2.24, 2.45) is 5.92 Å². The highest BCUT2D eigenvalue weighted by molar-refractivity contribution is 5.96. The van der Waals surface area contributed by atoms with Gasteiger partial charge in [-0.3, -0.25) is 9.69 Å². The van der Waals surface area contributed by atoms with Crippen molar-refractivity contribution in [3.63, 3.8) is 0 Å². The van der Waals surface area contributed by atoms with Crippen LogP contribution in [0.25, 0.3) is 11.1 Å². The van der Waals surface area contributed by atoms with Gasteiger partial charge >= 0.3 is 0 Å². The van der Waals surface area contributed by atoms with Crippen LogP contribution in [0.15, 0.2) is 48.5 Å². The Balaban J connectivity index is 1.60. The van der Waals surface area contributed by atoms with E-state index in [9.17, 15) is 9.90 Å². The topological polar surface area (TPSA) is 43.8 Å². The smallest absolute Gasteiger partial charge is 0.234 e. The van der Waals surface area contributed by atoms with Crippen LogP contribution < -0.4 is 0 Å². The Hall–Kier alpha value is -2.17. The van der Waals surface area contributed by atoms with Gasteiger partial charge < -0.3 is 10.0 Å². The van der Waals surface area contributed by atoms with E-state index in [-0.39, 0.29) is 24.1 Å². The second kappa shape index (κ2) is 7.69. The first kappa shape index (κ1) is 19.2. The van der Waals surface area contributed by atoms with Crippen LogP contribution in [0, 0.1) is 5.92 Å². The molecule has 148 valence electrons. The van der Waals surface area contributed by atoms with E-state index in [1.807, 2.05) is 36.2 Å². The number of likely N-dealkylation sites (tertiary alicyclic amines) is 1. The number of amides is 1. The summed E-state index contributed by atoms with van der Waals surface area (Å²) in [5, 5.41) is 10.4. The van der Waals surface area contributed by atoms with E-state index in [2.05, 4.69) is 43.0 Å². The standard InChI is InChI=1S/C24H30N2O2/c1-16(2)21(26-14-8-13-22(26)27)15-25(3)24(28)23-19-11-6-4-9-17(19)18-10-5-7-12-20(18)23/h4-7,9-12,16,21-23,27H,8,13-15H2,1-3H3. The average Bonchev–Trinajstić information content (AvgIpc) is 3.26. The van der Waals surface area contributed by atoms with Crippen molar-refractivity contribution >= 4 is 5.91 Å². The molecule has 1 aliphatic heterocycles. The quantitative estimate of drug-likeness (QED) is 0.863. The minimum Gasteiger partial charge on any atom is -0.378 e. The summed E-state index contributed by atoms with van der Waals surface area (Å²) >= 11 is 0. The fourth-order valence-corrected chi connectivity index (χ4v) is 4.87. The fraction of sp³-hybridized carbons (Fsp3) is 0.458. The number of carbonyl (C=O) groups excluding carboxylic acids is 1. The Morgan fingerprint density at radius 1 is 1.11 bits per heavy atom. The summed E-state index contributed by atoms with van der Waals surface area (Å²) in [5.74, 6) is 0.261. The third kappa shape index (κ3) is 3.25. The molecule has 28 heavy (non-hydrogen) atoms. The number of aliphatic hydroxyl groups is 1. The van der Waals surface area contributed by atoms with E-state index < -0.39 is 0 Å². The first-order valence-corrected chi connectivity index (χ1v) is 10.4. The summed E-state index contributed by atoms with van der Waals surface area (Å²) < 4.78 is 0. The lowest BCUT2D eigenvalue weighted by atomic mass is 9.94. The van der Waals surface area contributed by atoms with Gasteiger partial charge in [-0.1, -0.05) is 62.4 Å². The molecule has 2 atom stereocenters. The number of carbonyl (C=O) groups is 1. The van der Waals surface area contributed by atoms with Gasteiger partial charge in [-0.2, -0.15) is 0 Å². The Morgan fingerprint density at radius 3 is 2.18 bits per heavy atom. The van der Waals surface area contributed by atoms with Gasteiger partial charge in [0.05, 0.1) is 5.92 Å². The van der Waals surface area contributed by atoms with E-state index >= 15 is 0 Å². The number of fused-ring (bicyclic) bond motifs is 3. The van der Waals surface area contributed by atoms with E-state index in [1.54, 1.807) is 0 Å². The molecule has 2 unspecified atom stereocenters. The lowest BCUT2D eigenvalue weighted by Gasteiger charge is -2.36. The maximum absolute atomic E-state index is 13.6. The zero-order chi connectivity index (χ0) is 19.8. The van der Waals surface area contributed by atoms with E-state index in [0.717, 1.165) is 30.5 Å². The van der Waals surface area contributed by atoms with Crippen LogP contribution in [0.1, 0.15) is 43.7 Å².